The Balaban J connectivity index is 0.000000257. The molecule has 0 spiro atoms. The Morgan fingerprint density at radius 2 is 1.93 bits per heavy atom. The van der Waals surface area contributed by atoms with Crippen molar-refractivity contribution in [2.75, 3.05) is 13.2 Å². The molecule has 5 rings (SSSR count). The lowest BCUT2D eigenvalue weighted by Gasteiger charge is -2.26. The van der Waals surface area contributed by atoms with E-state index in [4.69, 9.17) is 4.74 Å². The molecule has 0 amide bonds. The summed E-state index contributed by atoms with van der Waals surface area (Å²) in [5.74, 6) is 0. The van der Waals surface area contributed by atoms with Gasteiger partial charge in [0.05, 0.1) is 6.10 Å². The summed E-state index contributed by atoms with van der Waals surface area (Å²) in [6.07, 6.45) is 3.84. The van der Waals surface area contributed by atoms with Crippen LogP contribution >= 0.6 is 12.2 Å². The molecule has 3 aromatic carbocycles. The molecule has 0 saturated carbocycles. The molecule has 0 bridgehead atoms. The first-order valence-corrected chi connectivity index (χ1v) is 9.89. The average Bonchev–Trinajstić information content (AvgIpc) is 3.19. The van der Waals surface area contributed by atoms with Crippen molar-refractivity contribution in [3.8, 4) is 0 Å². The maximum atomic E-state index is 5.95. The Labute approximate surface area is 164 Å². The van der Waals surface area contributed by atoms with Gasteiger partial charge in [0.1, 0.15) is 11.5 Å². The molecule has 1 N–H and O–H groups in total. The van der Waals surface area contributed by atoms with Crippen LogP contribution in [0.15, 0.2) is 58.9 Å². The van der Waals surface area contributed by atoms with Gasteiger partial charge in [-0.25, -0.2) is 0 Å². The maximum absolute atomic E-state index is 5.95. The third kappa shape index (κ3) is 3.70. The fourth-order valence-corrected chi connectivity index (χ4v) is 4.07. The molecule has 1 heterocycles. The number of rotatable bonds is 2. The van der Waals surface area contributed by atoms with E-state index in [0.717, 1.165) is 13.0 Å². The lowest BCUT2D eigenvalue weighted by Crippen LogP contribution is -2.13. The molecule has 27 heavy (non-hydrogen) atoms. The van der Waals surface area contributed by atoms with Gasteiger partial charge in [-0.05, 0) is 58.9 Å². The maximum Gasteiger partial charge on any atom is 0.121 e. The van der Waals surface area contributed by atoms with E-state index in [0.29, 0.717) is 11.5 Å². The Kier molecular flexibility index (Phi) is 5.41. The van der Waals surface area contributed by atoms with Gasteiger partial charge in [-0.3, -0.25) is 5.43 Å². The second-order valence-electron chi connectivity index (χ2n) is 6.79. The van der Waals surface area contributed by atoms with Crippen LogP contribution in [0.3, 0.4) is 0 Å². The van der Waals surface area contributed by atoms with Gasteiger partial charge >= 0.3 is 0 Å². The highest BCUT2D eigenvalue weighted by atomic mass is 32.1. The molecule has 1 aliphatic carbocycles. The third-order valence-corrected chi connectivity index (χ3v) is 5.36. The van der Waals surface area contributed by atoms with Crippen LogP contribution in [-0.4, -0.2) is 18.1 Å². The Morgan fingerprint density at radius 3 is 2.67 bits per heavy atom. The van der Waals surface area contributed by atoms with E-state index in [-0.39, 0.29) is 6.10 Å². The number of thiocarbonyl (C=S) groups is 1. The number of benzene rings is 3. The van der Waals surface area contributed by atoms with Gasteiger partial charge in [0.2, 0.25) is 0 Å². The number of ether oxygens (including phenoxy) is 1. The topological polar surface area (TPSA) is 46.0 Å². The molecule has 0 saturated heterocycles. The van der Waals surface area contributed by atoms with Gasteiger partial charge < -0.3 is 4.74 Å². The van der Waals surface area contributed by atoms with E-state index in [1.165, 1.54) is 45.5 Å². The fourth-order valence-electron chi connectivity index (χ4n) is 3.97. The summed E-state index contributed by atoms with van der Waals surface area (Å²) in [6, 6.07) is 17.8. The minimum atomic E-state index is 0.287. The van der Waals surface area contributed by atoms with E-state index in [1.807, 2.05) is 0 Å². The second-order valence-corrected chi connectivity index (χ2v) is 7.28. The highest BCUT2D eigenvalue weighted by Crippen LogP contribution is 2.38. The number of nitrogens with one attached hydrogen (secondary N) is 1. The van der Waals surface area contributed by atoms with Gasteiger partial charge in [-0.15, -0.1) is 0 Å². The van der Waals surface area contributed by atoms with Gasteiger partial charge in [0.25, 0.3) is 0 Å². The van der Waals surface area contributed by atoms with Crippen molar-refractivity contribution in [3.63, 3.8) is 0 Å². The van der Waals surface area contributed by atoms with Gasteiger partial charge in [0.15, 0.2) is 0 Å². The fraction of sp³-hybridized carbons (Fsp3) is 0.318. The molecule has 3 aromatic rings. The molecule has 5 heteroatoms. The van der Waals surface area contributed by atoms with E-state index in [9.17, 15) is 0 Å². The summed E-state index contributed by atoms with van der Waals surface area (Å²) >= 11 is 4.62. The molecule has 0 aromatic heterocycles. The van der Waals surface area contributed by atoms with Crippen molar-refractivity contribution < 1.29 is 4.74 Å². The summed E-state index contributed by atoms with van der Waals surface area (Å²) < 4.78 is 5.95. The van der Waals surface area contributed by atoms with Crippen LogP contribution in [-0.2, 0) is 11.2 Å². The van der Waals surface area contributed by atoms with E-state index in [1.54, 1.807) is 0 Å². The predicted molar refractivity (Wildman–Crippen MR) is 114 cm³/mol. The van der Waals surface area contributed by atoms with Crippen LogP contribution < -0.4 is 5.43 Å². The van der Waals surface area contributed by atoms with Crippen LogP contribution in [0.1, 0.15) is 37.0 Å². The van der Waals surface area contributed by atoms with Crippen molar-refractivity contribution in [2.45, 2.75) is 32.3 Å². The van der Waals surface area contributed by atoms with Crippen molar-refractivity contribution >= 4 is 38.8 Å². The van der Waals surface area contributed by atoms with E-state index in [2.05, 4.69) is 83.4 Å². The van der Waals surface area contributed by atoms with Crippen molar-refractivity contribution in [2.24, 2.45) is 10.3 Å². The Hall–Kier alpha value is -2.37. The number of aryl methyl sites for hydroxylation is 1. The first-order valence-electron chi connectivity index (χ1n) is 9.48. The first-order chi connectivity index (χ1) is 13.3. The lowest BCUT2D eigenvalue weighted by molar-refractivity contribution is 0.0502. The van der Waals surface area contributed by atoms with Crippen molar-refractivity contribution in [1.82, 2.24) is 5.43 Å². The zero-order valence-electron chi connectivity index (χ0n) is 15.4. The number of nitrogens with zero attached hydrogens (tertiary/aromatic N) is 2. The molecule has 0 radical (unpaired) electrons. The average molecular weight is 378 g/mol. The molecular weight excluding hydrogens is 354 g/mol. The molecular formula is C22H23N3OS. The minimum Gasteiger partial charge on any atom is -0.374 e. The molecule has 138 valence electrons. The molecule has 1 aliphatic heterocycles. The zero-order valence-corrected chi connectivity index (χ0v) is 16.3. The van der Waals surface area contributed by atoms with E-state index < -0.39 is 0 Å². The molecule has 0 fully saturated rings. The highest BCUT2D eigenvalue weighted by molar-refractivity contribution is 7.80. The number of hydrogen-bond acceptors (Lipinski definition) is 4. The quantitative estimate of drug-likeness (QED) is 0.461. The Morgan fingerprint density at radius 1 is 1.07 bits per heavy atom. The highest BCUT2D eigenvalue weighted by Gasteiger charge is 2.22. The monoisotopic (exact) mass is 377 g/mol. The number of fused-ring (bicyclic) bond motifs is 5. The summed E-state index contributed by atoms with van der Waals surface area (Å²) in [6.45, 7) is 3.44. The van der Waals surface area contributed by atoms with Crippen LogP contribution in [0.25, 0.3) is 21.5 Å². The minimum absolute atomic E-state index is 0.287. The van der Waals surface area contributed by atoms with Gasteiger partial charge in [-0.2, -0.15) is 5.11 Å². The largest absolute Gasteiger partial charge is 0.374 e. The number of hydrogen-bond donors (Lipinski definition) is 1. The van der Waals surface area contributed by atoms with E-state index >= 15 is 0 Å². The SMILES string of the molecule is CCOC1CCCc2c1ccc1c2ccc2ccccc21.S=C1CN=NN1. The molecule has 2 aliphatic rings. The predicted octanol–water partition coefficient (Wildman–Crippen LogP) is 5.69. The van der Waals surface area contributed by atoms with Crippen molar-refractivity contribution in [1.29, 1.82) is 0 Å². The molecule has 1 unspecified atom stereocenters. The van der Waals surface area contributed by atoms with Crippen LogP contribution in [0.4, 0.5) is 0 Å². The van der Waals surface area contributed by atoms with Gasteiger partial charge in [-0.1, -0.05) is 66.0 Å². The third-order valence-electron chi connectivity index (χ3n) is 5.14. The summed E-state index contributed by atoms with van der Waals surface area (Å²) in [7, 11) is 0. The molecule has 1 atom stereocenters. The zero-order chi connectivity index (χ0) is 18.6. The first kappa shape index (κ1) is 18.0. The summed E-state index contributed by atoms with van der Waals surface area (Å²) in [5.41, 5.74) is 5.42. The second kappa shape index (κ2) is 8.11. The summed E-state index contributed by atoms with van der Waals surface area (Å²) in [4.78, 5) is 0.704. The van der Waals surface area contributed by atoms with Crippen molar-refractivity contribution in [3.05, 3.63) is 59.7 Å². The Bertz CT molecular complexity index is 1010. The molecule has 4 nitrogen and oxygen atoms in total. The standard InChI is InChI=1S/C20H20O.C2H3N3S/c1-2-21-20-9-5-8-16-18-11-10-14-6-3-4-7-15(14)17(18)12-13-19(16)20;6-2-1-3-5-4-2/h3-4,6-7,10-13,20H,2,5,8-9H2,1H3;1H2,(H,3,4,6). The lowest BCUT2D eigenvalue weighted by atomic mass is 9.85. The van der Waals surface area contributed by atoms with Crippen LogP contribution in [0, 0.1) is 0 Å². The van der Waals surface area contributed by atoms with Crippen LogP contribution in [0.2, 0.25) is 0 Å². The summed E-state index contributed by atoms with van der Waals surface area (Å²) in [5, 5.41) is 12.4. The van der Waals surface area contributed by atoms with Crippen LogP contribution in [0.5, 0.6) is 0 Å². The van der Waals surface area contributed by atoms with Gasteiger partial charge in [0, 0.05) is 6.61 Å². The normalized spacial score (nSPS) is 18.1. The smallest absolute Gasteiger partial charge is 0.121 e.